The van der Waals surface area contributed by atoms with Crippen molar-refractivity contribution in [2.75, 3.05) is 6.61 Å². The van der Waals surface area contributed by atoms with Crippen molar-refractivity contribution in [2.45, 2.75) is 69.3 Å². The maximum atomic E-state index is 14.2. The minimum absolute atomic E-state index is 0.248. The molecule has 0 amide bonds. The summed E-state index contributed by atoms with van der Waals surface area (Å²) in [6.45, 7) is 0.448. The Balaban J connectivity index is 1.65. The lowest BCUT2D eigenvalue weighted by Crippen LogP contribution is -2.31. The van der Waals surface area contributed by atoms with Gasteiger partial charge >= 0.3 is 6.18 Å². The van der Waals surface area contributed by atoms with E-state index >= 15 is 0 Å². The van der Waals surface area contributed by atoms with Crippen LogP contribution in [0.5, 0.6) is 5.75 Å². The van der Waals surface area contributed by atoms with Gasteiger partial charge in [0, 0.05) is 0 Å². The number of rotatable bonds is 8. The molecule has 176 valence electrons. The van der Waals surface area contributed by atoms with Crippen molar-refractivity contribution in [3.05, 3.63) is 53.6 Å². The van der Waals surface area contributed by atoms with Crippen molar-refractivity contribution >= 4 is 18.5 Å². The van der Waals surface area contributed by atoms with Crippen molar-refractivity contribution in [1.82, 2.24) is 0 Å². The van der Waals surface area contributed by atoms with E-state index in [4.69, 9.17) is 11.1 Å². The monoisotopic (exact) mass is 490 g/mol. The second kappa shape index (κ2) is 10.6. The lowest BCUT2D eigenvalue weighted by atomic mass is 9.92. The maximum Gasteiger partial charge on any atom is 0.422 e. The van der Waals surface area contributed by atoms with Gasteiger partial charge in [-0.05, 0) is 65.7 Å². The summed E-state index contributed by atoms with van der Waals surface area (Å²) in [6, 6.07) is 12.9. The zero-order valence-electron chi connectivity index (χ0n) is 18.1. The van der Waals surface area contributed by atoms with Gasteiger partial charge in [-0.1, -0.05) is 50.5 Å². The van der Waals surface area contributed by atoms with Crippen LogP contribution in [-0.2, 0) is 0 Å². The van der Waals surface area contributed by atoms with E-state index in [-0.39, 0.29) is 5.56 Å². The Labute approximate surface area is 191 Å². The first-order chi connectivity index (χ1) is 15.1. The lowest BCUT2D eigenvalue weighted by Gasteiger charge is -2.34. The molecule has 0 radical (unpaired) electrons. The van der Waals surface area contributed by atoms with Crippen molar-refractivity contribution in [3.63, 3.8) is 0 Å². The van der Waals surface area contributed by atoms with E-state index in [1.807, 2.05) is 12.1 Å². The number of ether oxygens (including phenoxy) is 1. The second-order valence-electron chi connectivity index (χ2n) is 8.68. The van der Waals surface area contributed by atoms with E-state index in [2.05, 4.69) is 11.7 Å². The molecule has 1 aliphatic rings. The Bertz CT molecular complexity index is 869. The first-order valence-electron chi connectivity index (χ1n) is 11.1. The van der Waals surface area contributed by atoms with Crippen LogP contribution in [0.25, 0.3) is 11.1 Å². The molecular formula is C24H28ClF5OSi. The highest BCUT2D eigenvalue weighted by Crippen LogP contribution is 2.43. The number of hydrogen-bond acceptors (Lipinski definition) is 1. The average Bonchev–Trinajstić information content (AvgIpc) is 2.73. The SMILES string of the molecule is CCCCC[Si]1(Cl)CCC(c2ccc(-c3cc(F)c(OCC(F)(F)F)c(F)c3)cc2)CC1. The number of benzene rings is 2. The van der Waals surface area contributed by atoms with Gasteiger partial charge in [0.2, 0.25) is 0 Å². The van der Waals surface area contributed by atoms with E-state index in [0.29, 0.717) is 11.5 Å². The van der Waals surface area contributed by atoms with Gasteiger partial charge in [0.15, 0.2) is 31.4 Å². The van der Waals surface area contributed by atoms with Gasteiger partial charge in [0.25, 0.3) is 0 Å². The highest BCUT2D eigenvalue weighted by Gasteiger charge is 2.36. The van der Waals surface area contributed by atoms with Crippen LogP contribution in [-0.4, -0.2) is 20.2 Å². The first-order valence-corrected chi connectivity index (χ1v) is 14.7. The van der Waals surface area contributed by atoms with Crippen LogP contribution >= 0.6 is 11.1 Å². The van der Waals surface area contributed by atoms with Crippen LogP contribution in [0.3, 0.4) is 0 Å². The lowest BCUT2D eigenvalue weighted by molar-refractivity contribution is -0.154. The van der Waals surface area contributed by atoms with E-state index in [0.717, 1.165) is 37.1 Å². The predicted octanol–water partition coefficient (Wildman–Crippen LogP) is 8.82. The van der Waals surface area contributed by atoms with Crippen LogP contribution in [0.15, 0.2) is 36.4 Å². The van der Waals surface area contributed by atoms with Crippen LogP contribution in [0, 0.1) is 11.6 Å². The second-order valence-corrected chi connectivity index (χ2v) is 14.9. The molecule has 32 heavy (non-hydrogen) atoms. The van der Waals surface area contributed by atoms with E-state index < -0.39 is 37.6 Å². The van der Waals surface area contributed by atoms with Gasteiger partial charge < -0.3 is 4.74 Å². The van der Waals surface area contributed by atoms with E-state index in [1.165, 1.54) is 30.9 Å². The summed E-state index contributed by atoms with van der Waals surface area (Å²) in [6.07, 6.45) is 1.12. The van der Waals surface area contributed by atoms with Gasteiger partial charge in [-0.15, -0.1) is 0 Å². The molecule has 2 aromatic carbocycles. The average molecular weight is 491 g/mol. The maximum absolute atomic E-state index is 14.2. The van der Waals surface area contributed by atoms with Gasteiger partial charge in [0.05, 0.1) is 0 Å². The molecule has 0 saturated carbocycles. The molecule has 0 N–H and O–H groups in total. The van der Waals surface area contributed by atoms with Crippen LogP contribution < -0.4 is 4.74 Å². The molecule has 3 rings (SSSR count). The number of hydrogen-bond donors (Lipinski definition) is 0. The quantitative estimate of drug-likeness (QED) is 0.155. The third-order valence-corrected chi connectivity index (χ3v) is 11.5. The Morgan fingerprint density at radius 1 is 0.969 bits per heavy atom. The van der Waals surface area contributed by atoms with Gasteiger partial charge in [-0.3, -0.25) is 0 Å². The largest absolute Gasteiger partial charge is 0.478 e. The molecule has 8 heteroatoms. The van der Waals surface area contributed by atoms with Gasteiger partial charge in [-0.25, -0.2) is 8.78 Å². The fourth-order valence-electron chi connectivity index (χ4n) is 4.38. The topological polar surface area (TPSA) is 9.23 Å². The van der Waals surface area contributed by atoms with E-state index in [1.54, 1.807) is 12.1 Å². The molecule has 0 atom stereocenters. The molecule has 1 heterocycles. The van der Waals surface area contributed by atoms with Gasteiger partial charge in [-0.2, -0.15) is 24.3 Å². The zero-order chi connectivity index (χ0) is 23.4. The summed E-state index contributed by atoms with van der Waals surface area (Å²) in [4.78, 5) is 0. The van der Waals surface area contributed by atoms with Crippen molar-refractivity contribution in [3.8, 4) is 16.9 Å². The molecule has 0 bridgehead atoms. The minimum Gasteiger partial charge on any atom is -0.478 e. The molecule has 1 nitrogen and oxygen atoms in total. The fraction of sp³-hybridized carbons (Fsp3) is 0.500. The fourth-order valence-corrected chi connectivity index (χ4v) is 8.80. The zero-order valence-corrected chi connectivity index (χ0v) is 19.8. The highest BCUT2D eigenvalue weighted by molar-refractivity contribution is 7.20. The Kier molecular flexibility index (Phi) is 8.25. The molecule has 0 aromatic heterocycles. The Hall–Kier alpha value is -1.60. The smallest absolute Gasteiger partial charge is 0.422 e. The molecule has 1 aliphatic heterocycles. The summed E-state index contributed by atoms with van der Waals surface area (Å²) in [7, 11) is -1.64. The third-order valence-electron chi connectivity index (χ3n) is 6.20. The molecular weight excluding hydrogens is 463 g/mol. The van der Waals surface area contributed by atoms with Crippen molar-refractivity contribution in [2.24, 2.45) is 0 Å². The molecule has 1 fully saturated rings. The Morgan fingerprint density at radius 2 is 1.56 bits per heavy atom. The Morgan fingerprint density at radius 3 is 2.09 bits per heavy atom. The number of halogens is 6. The normalized spacial score (nSPS) is 21.5. The predicted molar refractivity (Wildman–Crippen MR) is 121 cm³/mol. The number of unbranched alkanes of at least 4 members (excludes halogenated alkanes) is 2. The van der Waals surface area contributed by atoms with Crippen LogP contribution in [0.1, 0.15) is 50.5 Å². The third kappa shape index (κ3) is 6.70. The van der Waals surface area contributed by atoms with Crippen molar-refractivity contribution in [1.29, 1.82) is 0 Å². The summed E-state index contributed by atoms with van der Waals surface area (Å²) < 4.78 is 69.5. The number of alkyl halides is 3. The summed E-state index contributed by atoms with van der Waals surface area (Å²) in [5.41, 5.74) is 2.02. The highest BCUT2D eigenvalue weighted by atomic mass is 35.6. The molecule has 0 unspecified atom stereocenters. The first kappa shape index (κ1) is 25.0. The minimum atomic E-state index is -4.67. The van der Waals surface area contributed by atoms with Gasteiger partial charge in [0.1, 0.15) is 0 Å². The standard InChI is InChI=1S/C24H28ClF5OSi/c1-2-3-4-11-32(25)12-9-19(10-13-32)17-5-7-18(8-6-17)20-14-21(26)23(22(27)15-20)31-16-24(28,29)30/h5-8,14-15,19H,2-4,9-13,16H2,1H3. The molecule has 2 aromatic rings. The van der Waals surface area contributed by atoms with Crippen LogP contribution in [0.4, 0.5) is 22.0 Å². The molecule has 0 aliphatic carbocycles. The van der Waals surface area contributed by atoms with Crippen molar-refractivity contribution < 1.29 is 26.7 Å². The molecule has 0 spiro atoms. The van der Waals surface area contributed by atoms with Crippen LogP contribution in [0.2, 0.25) is 18.1 Å². The summed E-state index contributed by atoms with van der Waals surface area (Å²) in [5.74, 6) is -2.90. The summed E-state index contributed by atoms with van der Waals surface area (Å²) >= 11 is 6.95. The molecule has 1 saturated heterocycles. The van der Waals surface area contributed by atoms with E-state index in [9.17, 15) is 22.0 Å². The summed E-state index contributed by atoms with van der Waals surface area (Å²) in [5, 5.41) is 0.